The molecule has 0 unspecified atom stereocenters. The molecule has 1 aromatic carbocycles. The van der Waals surface area contributed by atoms with Gasteiger partial charge in [0.05, 0.1) is 18.7 Å². The zero-order valence-corrected chi connectivity index (χ0v) is 19.3. The second kappa shape index (κ2) is 9.69. The standard InChI is InChI=1S/C27H31N5O/c1-20-24-11-7-15-32(19-23-10-5-6-14-28-23)27(24)30-26(29-20)22-12-16-31(17-13-22)25(33)18-21-8-3-2-4-9-21/h2-6,8-10,14,22H,7,11-13,15-19H2,1H3. The van der Waals surface area contributed by atoms with Crippen molar-refractivity contribution in [2.75, 3.05) is 24.5 Å². The first-order chi connectivity index (χ1) is 16.2. The second-order valence-corrected chi connectivity index (χ2v) is 9.13. The molecule has 1 saturated heterocycles. The van der Waals surface area contributed by atoms with Crippen molar-refractivity contribution in [2.45, 2.75) is 51.5 Å². The van der Waals surface area contributed by atoms with Crippen molar-refractivity contribution >= 4 is 11.7 Å². The Kier molecular flexibility index (Phi) is 6.33. The molecule has 2 aliphatic rings. The summed E-state index contributed by atoms with van der Waals surface area (Å²) in [5, 5.41) is 0. The number of hydrogen-bond acceptors (Lipinski definition) is 5. The number of carbonyl (C=O) groups excluding carboxylic acids is 1. The number of pyridine rings is 1. The molecule has 3 aromatic rings. The third-order valence-electron chi connectivity index (χ3n) is 6.85. The van der Waals surface area contributed by atoms with Gasteiger partial charge in [-0.05, 0) is 50.3 Å². The highest BCUT2D eigenvalue weighted by Gasteiger charge is 2.28. The first-order valence-corrected chi connectivity index (χ1v) is 12.0. The lowest BCUT2D eigenvalue weighted by atomic mass is 9.94. The Bertz CT molecular complexity index is 1090. The Labute approximate surface area is 195 Å². The molecule has 0 radical (unpaired) electrons. The van der Waals surface area contributed by atoms with Gasteiger partial charge in [0.2, 0.25) is 5.91 Å². The first kappa shape index (κ1) is 21.6. The number of rotatable bonds is 5. The SMILES string of the molecule is Cc1nc(C2CCN(C(=O)Cc3ccccc3)CC2)nc2c1CCCN2Cc1ccccn1. The molecular weight excluding hydrogens is 410 g/mol. The number of amides is 1. The second-order valence-electron chi connectivity index (χ2n) is 9.13. The maximum absolute atomic E-state index is 12.8. The highest BCUT2D eigenvalue weighted by Crippen LogP contribution is 2.32. The average Bonchev–Trinajstić information content (AvgIpc) is 2.86. The summed E-state index contributed by atoms with van der Waals surface area (Å²) in [5.41, 5.74) is 4.51. The minimum atomic E-state index is 0.212. The molecule has 2 aromatic heterocycles. The van der Waals surface area contributed by atoms with E-state index in [0.29, 0.717) is 12.3 Å². The van der Waals surface area contributed by atoms with E-state index in [1.165, 1.54) is 5.56 Å². The summed E-state index contributed by atoms with van der Waals surface area (Å²) in [7, 11) is 0. The molecule has 0 aliphatic carbocycles. The Morgan fingerprint density at radius 2 is 1.79 bits per heavy atom. The number of nitrogens with zero attached hydrogens (tertiary/aromatic N) is 5. The maximum atomic E-state index is 12.8. The number of likely N-dealkylation sites (tertiary alicyclic amines) is 1. The predicted molar refractivity (Wildman–Crippen MR) is 129 cm³/mol. The van der Waals surface area contributed by atoms with Crippen LogP contribution < -0.4 is 4.90 Å². The lowest BCUT2D eigenvalue weighted by Crippen LogP contribution is -2.39. The van der Waals surface area contributed by atoms with E-state index in [1.54, 1.807) is 0 Å². The normalized spacial score (nSPS) is 16.5. The van der Waals surface area contributed by atoms with Gasteiger partial charge < -0.3 is 9.80 Å². The molecule has 0 spiro atoms. The predicted octanol–water partition coefficient (Wildman–Crippen LogP) is 4.08. The van der Waals surface area contributed by atoms with Gasteiger partial charge in [-0.2, -0.15) is 0 Å². The average molecular weight is 442 g/mol. The van der Waals surface area contributed by atoms with Gasteiger partial charge in [0.15, 0.2) is 0 Å². The molecule has 0 atom stereocenters. The topological polar surface area (TPSA) is 62.2 Å². The molecule has 170 valence electrons. The number of carbonyl (C=O) groups is 1. The van der Waals surface area contributed by atoms with E-state index in [1.807, 2.05) is 53.6 Å². The van der Waals surface area contributed by atoms with Crippen molar-refractivity contribution in [1.29, 1.82) is 0 Å². The van der Waals surface area contributed by atoms with Gasteiger partial charge in [0, 0.05) is 43.0 Å². The number of benzene rings is 1. The molecule has 0 bridgehead atoms. The van der Waals surface area contributed by atoms with Gasteiger partial charge in [0.1, 0.15) is 11.6 Å². The van der Waals surface area contributed by atoms with Gasteiger partial charge in [0.25, 0.3) is 0 Å². The number of aryl methyl sites for hydroxylation is 1. The van der Waals surface area contributed by atoms with E-state index in [0.717, 1.165) is 80.5 Å². The smallest absolute Gasteiger partial charge is 0.226 e. The van der Waals surface area contributed by atoms with Crippen molar-refractivity contribution in [2.24, 2.45) is 0 Å². The van der Waals surface area contributed by atoms with Crippen molar-refractivity contribution in [3.8, 4) is 0 Å². The third-order valence-corrected chi connectivity index (χ3v) is 6.85. The lowest BCUT2D eigenvalue weighted by Gasteiger charge is -2.34. The Morgan fingerprint density at radius 3 is 2.55 bits per heavy atom. The molecule has 2 aliphatic heterocycles. The van der Waals surface area contributed by atoms with Crippen LogP contribution in [0.4, 0.5) is 5.82 Å². The fourth-order valence-corrected chi connectivity index (χ4v) is 5.00. The fourth-order valence-electron chi connectivity index (χ4n) is 5.00. The highest BCUT2D eigenvalue weighted by atomic mass is 16.2. The van der Waals surface area contributed by atoms with Crippen LogP contribution in [0.2, 0.25) is 0 Å². The van der Waals surface area contributed by atoms with Crippen LogP contribution >= 0.6 is 0 Å². The Hall–Kier alpha value is -3.28. The van der Waals surface area contributed by atoms with Crippen molar-refractivity contribution in [3.63, 3.8) is 0 Å². The first-order valence-electron chi connectivity index (χ1n) is 12.0. The van der Waals surface area contributed by atoms with Crippen LogP contribution in [0.3, 0.4) is 0 Å². The minimum Gasteiger partial charge on any atom is -0.350 e. The van der Waals surface area contributed by atoms with Crippen molar-refractivity contribution in [3.05, 3.63) is 83.1 Å². The zero-order valence-electron chi connectivity index (χ0n) is 19.3. The zero-order chi connectivity index (χ0) is 22.6. The van der Waals surface area contributed by atoms with Gasteiger partial charge in [-0.25, -0.2) is 9.97 Å². The molecular formula is C27H31N5O. The van der Waals surface area contributed by atoms with E-state index in [-0.39, 0.29) is 5.91 Å². The van der Waals surface area contributed by atoms with E-state index >= 15 is 0 Å². The number of hydrogen-bond donors (Lipinski definition) is 0. The number of fused-ring (bicyclic) bond motifs is 1. The summed E-state index contributed by atoms with van der Waals surface area (Å²) in [6.07, 6.45) is 6.31. The summed E-state index contributed by atoms with van der Waals surface area (Å²) in [6, 6.07) is 16.1. The van der Waals surface area contributed by atoms with Crippen molar-refractivity contribution < 1.29 is 4.79 Å². The van der Waals surface area contributed by atoms with Crippen LogP contribution in [0.5, 0.6) is 0 Å². The van der Waals surface area contributed by atoms with Crippen molar-refractivity contribution in [1.82, 2.24) is 19.9 Å². The molecule has 0 N–H and O–H groups in total. The molecule has 1 amide bonds. The largest absolute Gasteiger partial charge is 0.350 e. The summed E-state index contributed by atoms with van der Waals surface area (Å²) in [6.45, 7) is 5.43. The van der Waals surface area contributed by atoms with Gasteiger partial charge in [-0.1, -0.05) is 36.4 Å². The van der Waals surface area contributed by atoms with Crippen LogP contribution in [0.1, 0.15) is 53.5 Å². The molecule has 4 heterocycles. The van der Waals surface area contributed by atoms with Crippen LogP contribution in [0.15, 0.2) is 54.7 Å². The molecule has 5 rings (SSSR count). The summed E-state index contributed by atoms with van der Waals surface area (Å²) >= 11 is 0. The quantitative estimate of drug-likeness (QED) is 0.597. The molecule has 33 heavy (non-hydrogen) atoms. The summed E-state index contributed by atoms with van der Waals surface area (Å²) in [4.78, 5) is 31.7. The van der Waals surface area contributed by atoms with E-state index < -0.39 is 0 Å². The van der Waals surface area contributed by atoms with Gasteiger partial charge in [-0.3, -0.25) is 9.78 Å². The Morgan fingerprint density at radius 1 is 1.00 bits per heavy atom. The van der Waals surface area contributed by atoms with Crippen LogP contribution in [-0.2, 0) is 24.2 Å². The fraction of sp³-hybridized carbons (Fsp3) is 0.407. The molecule has 1 fully saturated rings. The minimum absolute atomic E-state index is 0.212. The monoisotopic (exact) mass is 441 g/mol. The third kappa shape index (κ3) is 4.90. The number of anilines is 1. The van der Waals surface area contributed by atoms with E-state index in [4.69, 9.17) is 9.97 Å². The number of aromatic nitrogens is 3. The highest BCUT2D eigenvalue weighted by molar-refractivity contribution is 5.78. The summed E-state index contributed by atoms with van der Waals surface area (Å²) in [5.74, 6) is 2.53. The van der Waals surface area contributed by atoms with E-state index in [2.05, 4.69) is 22.9 Å². The lowest BCUT2D eigenvalue weighted by molar-refractivity contribution is -0.131. The van der Waals surface area contributed by atoms with Gasteiger partial charge in [-0.15, -0.1) is 0 Å². The van der Waals surface area contributed by atoms with Gasteiger partial charge >= 0.3 is 0 Å². The Balaban J connectivity index is 1.28. The summed E-state index contributed by atoms with van der Waals surface area (Å²) < 4.78 is 0. The van der Waals surface area contributed by atoms with Crippen LogP contribution in [0.25, 0.3) is 0 Å². The molecule has 6 nitrogen and oxygen atoms in total. The van der Waals surface area contributed by atoms with E-state index in [9.17, 15) is 4.79 Å². The molecule has 6 heteroatoms. The maximum Gasteiger partial charge on any atom is 0.226 e. The number of piperidine rings is 1. The molecule has 0 saturated carbocycles. The van der Waals surface area contributed by atoms with Crippen LogP contribution in [0, 0.1) is 6.92 Å². The van der Waals surface area contributed by atoms with Crippen LogP contribution in [-0.4, -0.2) is 45.4 Å².